The van der Waals surface area contributed by atoms with E-state index in [2.05, 4.69) is 34.6 Å². The monoisotopic (exact) mass is 310 g/mol. The molecule has 2 bridgehead atoms. The molecule has 2 fully saturated rings. The summed E-state index contributed by atoms with van der Waals surface area (Å²) in [6.07, 6.45) is 1.57. The van der Waals surface area contributed by atoms with Crippen molar-refractivity contribution in [1.82, 2.24) is 0 Å². The molecule has 1 aliphatic carbocycles. The predicted molar refractivity (Wildman–Crippen MR) is 84.0 cm³/mol. The highest BCUT2D eigenvalue weighted by Gasteiger charge is 2.52. The van der Waals surface area contributed by atoms with Gasteiger partial charge in [0, 0.05) is 5.92 Å². The molecule has 5 atom stereocenters. The summed E-state index contributed by atoms with van der Waals surface area (Å²) in [7, 11) is 0. The van der Waals surface area contributed by atoms with E-state index in [1.165, 1.54) is 0 Å². The molecule has 22 heavy (non-hydrogen) atoms. The third-order valence-electron chi connectivity index (χ3n) is 5.54. The van der Waals surface area contributed by atoms with Crippen molar-refractivity contribution in [3.8, 4) is 0 Å². The summed E-state index contributed by atoms with van der Waals surface area (Å²) < 4.78 is 11.3. The van der Waals surface area contributed by atoms with E-state index < -0.39 is 5.41 Å². The summed E-state index contributed by atoms with van der Waals surface area (Å²) in [5.74, 6) is 0.748. The van der Waals surface area contributed by atoms with Crippen LogP contribution in [-0.4, -0.2) is 24.1 Å². The molecule has 0 radical (unpaired) electrons. The van der Waals surface area contributed by atoms with Crippen molar-refractivity contribution in [3.63, 3.8) is 0 Å². The fraction of sp³-hybridized carbons (Fsp3) is 0.889. The lowest BCUT2D eigenvalue weighted by atomic mass is 9.73. The van der Waals surface area contributed by atoms with Crippen molar-refractivity contribution in [1.29, 1.82) is 0 Å². The van der Waals surface area contributed by atoms with E-state index >= 15 is 0 Å². The number of carbonyl (C=O) groups excluding carboxylic acids is 2. The smallest absolute Gasteiger partial charge is 0.312 e. The fourth-order valence-electron chi connectivity index (χ4n) is 3.96. The first-order valence-corrected chi connectivity index (χ1v) is 8.55. The Labute approximate surface area is 133 Å². The zero-order chi connectivity index (χ0) is 16.7. The number of fused-ring (bicyclic) bond motifs is 2. The molecule has 4 heteroatoms. The normalized spacial score (nSPS) is 33.7. The van der Waals surface area contributed by atoms with Crippen LogP contribution in [0.25, 0.3) is 0 Å². The van der Waals surface area contributed by atoms with Crippen LogP contribution in [0.1, 0.15) is 60.8 Å². The van der Waals surface area contributed by atoms with Gasteiger partial charge >= 0.3 is 11.9 Å². The summed E-state index contributed by atoms with van der Waals surface area (Å²) in [4.78, 5) is 24.4. The number of hydrogen-bond acceptors (Lipinski definition) is 4. The quantitative estimate of drug-likeness (QED) is 0.728. The zero-order valence-electron chi connectivity index (χ0n) is 14.7. The Kier molecular flexibility index (Phi) is 4.88. The van der Waals surface area contributed by atoms with Crippen molar-refractivity contribution in [2.45, 2.75) is 73.0 Å². The van der Waals surface area contributed by atoms with E-state index in [0.717, 1.165) is 12.8 Å². The van der Waals surface area contributed by atoms with Crippen molar-refractivity contribution in [2.75, 3.05) is 0 Å². The van der Waals surface area contributed by atoms with Gasteiger partial charge in [-0.25, -0.2) is 0 Å². The first-order valence-electron chi connectivity index (χ1n) is 8.55. The molecule has 1 saturated carbocycles. The van der Waals surface area contributed by atoms with Crippen LogP contribution >= 0.6 is 0 Å². The van der Waals surface area contributed by atoms with Gasteiger partial charge in [-0.05, 0) is 37.5 Å². The van der Waals surface area contributed by atoms with Crippen molar-refractivity contribution >= 4 is 11.9 Å². The third kappa shape index (κ3) is 3.16. The number of rotatable bonds is 5. The van der Waals surface area contributed by atoms with Gasteiger partial charge in [-0.2, -0.15) is 0 Å². The van der Waals surface area contributed by atoms with Crippen molar-refractivity contribution in [3.05, 3.63) is 0 Å². The zero-order valence-corrected chi connectivity index (χ0v) is 14.7. The average Bonchev–Trinajstić information content (AvgIpc) is 2.56. The molecule has 0 amide bonds. The molecule has 1 saturated heterocycles. The van der Waals surface area contributed by atoms with Crippen molar-refractivity contribution in [2.24, 2.45) is 29.1 Å². The molecular formula is C18H30O4. The minimum atomic E-state index is -0.488. The van der Waals surface area contributed by atoms with Gasteiger partial charge in [-0.15, -0.1) is 0 Å². The van der Waals surface area contributed by atoms with Crippen LogP contribution in [0.3, 0.4) is 0 Å². The molecular weight excluding hydrogens is 280 g/mol. The molecule has 0 aromatic heterocycles. The topological polar surface area (TPSA) is 52.6 Å². The molecule has 4 nitrogen and oxygen atoms in total. The highest BCUT2D eigenvalue weighted by Crippen LogP contribution is 2.44. The Morgan fingerprint density at radius 3 is 2.50 bits per heavy atom. The van der Waals surface area contributed by atoms with Crippen molar-refractivity contribution < 1.29 is 19.1 Å². The Bertz CT molecular complexity index is 442. The number of esters is 2. The summed E-state index contributed by atoms with van der Waals surface area (Å²) in [6, 6.07) is 0. The molecule has 2 rings (SSSR count). The van der Waals surface area contributed by atoms with Crippen LogP contribution < -0.4 is 0 Å². The highest BCUT2D eigenvalue weighted by molar-refractivity contribution is 5.77. The van der Waals surface area contributed by atoms with E-state index in [4.69, 9.17) is 9.47 Å². The van der Waals surface area contributed by atoms with Crippen LogP contribution in [-0.2, 0) is 19.1 Å². The standard InChI is InChI=1S/C18H30O4/c1-10(2)9-18(6,11(3)4)17(20)22-16-13-7-12(5)15(16)21-14(19)8-13/h10-13,15-16H,7-9H2,1-6H3. The van der Waals surface area contributed by atoms with E-state index in [1.54, 1.807) is 0 Å². The van der Waals surface area contributed by atoms with Gasteiger partial charge in [0.1, 0.15) is 12.2 Å². The minimum Gasteiger partial charge on any atom is -0.458 e. The first kappa shape index (κ1) is 17.3. The second kappa shape index (κ2) is 6.21. The van der Waals surface area contributed by atoms with E-state index in [9.17, 15) is 9.59 Å². The third-order valence-corrected chi connectivity index (χ3v) is 5.54. The number of ether oxygens (including phenoxy) is 2. The molecule has 1 aliphatic heterocycles. The van der Waals surface area contributed by atoms with E-state index in [1.807, 2.05) is 6.92 Å². The van der Waals surface area contributed by atoms with Crippen LogP contribution in [0.15, 0.2) is 0 Å². The lowest BCUT2D eigenvalue weighted by Crippen LogP contribution is -2.45. The van der Waals surface area contributed by atoms with Gasteiger partial charge in [0.05, 0.1) is 11.8 Å². The van der Waals surface area contributed by atoms with Gasteiger partial charge in [-0.3, -0.25) is 9.59 Å². The predicted octanol–water partition coefficient (Wildman–Crippen LogP) is 3.58. The lowest BCUT2D eigenvalue weighted by molar-refractivity contribution is -0.187. The molecule has 0 spiro atoms. The Hall–Kier alpha value is -1.06. The van der Waals surface area contributed by atoms with Crippen LogP contribution in [0.2, 0.25) is 0 Å². The lowest BCUT2D eigenvalue weighted by Gasteiger charge is -2.37. The number of carbonyl (C=O) groups is 2. The molecule has 5 unspecified atom stereocenters. The molecule has 0 aromatic rings. The maximum Gasteiger partial charge on any atom is 0.312 e. The summed E-state index contributed by atoms with van der Waals surface area (Å²) in [6.45, 7) is 12.5. The molecule has 1 heterocycles. The van der Waals surface area contributed by atoms with Gasteiger partial charge in [-0.1, -0.05) is 34.6 Å². The minimum absolute atomic E-state index is 0.126. The molecule has 126 valence electrons. The highest BCUT2D eigenvalue weighted by atomic mass is 16.6. The summed E-state index contributed by atoms with van der Waals surface area (Å²) in [5, 5.41) is 0. The first-order chi connectivity index (χ1) is 10.1. The molecule has 2 aliphatic rings. The summed E-state index contributed by atoms with van der Waals surface area (Å²) >= 11 is 0. The Morgan fingerprint density at radius 2 is 2.00 bits per heavy atom. The van der Waals surface area contributed by atoms with Crippen LogP contribution in [0, 0.1) is 29.1 Å². The van der Waals surface area contributed by atoms with E-state index in [-0.39, 0.29) is 41.9 Å². The van der Waals surface area contributed by atoms with Gasteiger partial charge in [0.25, 0.3) is 0 Å². The maximum atomic E-state index is 12.9. The number of hydrogen-bond donors (Lipinski definition) is 0. The second-order valence-corrected chi connectivity index (χ2v) is 8.17. The Balaban J connectivity index is 2.12. The average molecular weight is 310 g/mol. The summed E-state index contributed by atoms with van der Waals surface area (Å²) in [5.41, 5.74) is -0.488. The Morgan fingerprint density at radius 1 is 1.36 bits per heavy atom. The largest absolute Gasteiger partial charge is 0.458 e. The second-order valence-electron chi connectivity index (χ2n) is 8.17. The fourth-order valence-corrected chi connectivity index (χ4v) is 3.96. The van der Waals surface area contributed by atoms with Gasteiger partial charge < -0.3 is 9.47 Å². The van der Waals surface area contributed by atoms with Gasteiger partial charge in [0.2, 0.25) is 0 Å². The molecule has 0 N–H and O–H groups in total. The van der Waals surface area contributed by atoms with Crippen LogP contribution in [0.4, 0.5) is 0 Å². The van der Waals surface area contributed by atoms with E-state index in [0.29, 0.717) is 12.3 Å². The SMILES string of the molecule is CC(C)CC(C)(C(=O)OC1C2CC(=O)OC1C(C)C2)C(C)C. The molecule has 0 aromatic carbocycles. The maximum absolute atomic E-state index is 12.9. The van der Waals surface area contributed by atoms with Gasteiger partial charge in [0.15, 0.2) is 0 Å². The van der Waals surface area contributed by atoms with Crippen LogP contribution in [0.5, 0.6) is 0 Å².